The number of hydrogen-bond acceptors (Lipinski definition) is 3. The van der Waals surface area contributed by atoms with Crippen molar-refractivity contribution in [2.45, 2.75) is 38.5 Å². The lowest BCUT2D eigenvalue weighted by Crippen LogP contribution is -2.26. The van der Waals surface area contributed by atoms with Gasteiger partial charge in [0.2, 0.25) is 0 Å². The Bertz CT molecular complexity index is 578. The fraction of sp³-hybridized carbons (Fsp3) is 0.375. The molecule has 20 heavy (non-hydrogen) atoms. The first kappa shape index (κ1) is 13.6. The summed E-state index contributed by atoms with van der Waals surface area (Å²) >= 11 is 1.67. The van der Waals surface area contributed by atoms with Crippen LogP contribution in [0.15, 0.2) is 35.0 Å². The molecule has 2 aromatic rings. The fourth-order valence-electron chi connectivity index (χ4n) is 2.57. The molecule has 2 nitrogen and oxygen atoms in total. The van der Waals surface area contributed by atoms with Crippen LogP contribution < -0.4 is 4.90 Å². The van der Waals surface area contributed by atoms with Gasteiger partial charge in [-0.2, -0.15) is 11.3 Å². The Labute approximate surface area is 122 Å². The second-order valence-electron chi connectivity index (χ2n) is 5.34. The molecule has 1 heterocycles. The fourth-order valence-corrected chi connectivity index (χ4v) is 3.23. The van der Waals surface area contributed by atoms with Crippen molar-refractivity contribution in [2.24, 2.45) is 0 Å². The highest BCUT2D eigenvalue weighted by atomic mass is 32.1. The maximum Gasteiger partial charge on any atom is 0.131 e. The van der Waals surface area contributed by atoms with E-state index >= 15 is 0 Å². The van der Waals surface area contributed by atoms with Crippen molar-refractivity contribution in [3.63, 3.8) is 0 Å². The van der Waals surface area contributed by atoms with Crippen LogP contribution in [0.4, 0.5) is 10.1 Å². The van der Waals surface area contributed by atoms with E-state index in [4.69, 9.17) is 0 Å². The number of aliphatic hydroxyl groups excluding tert-OH is 1. The Morgan fingerprint density at radius 2 is 2.20 bits per heavy atom. The van der Waals surface area contributed by atoms with E-state index in [9.17, 15) is 9.50 Å². The standard InChI is InChI=1S/C16H18FNOS/c1-11(19)16-14(17)3-2-4-15(16)18(13-5-6-13)9-12-7-8-20-10-12/h2-4,7-8,10-11,13,19H,5-6,9H2,1H3/t11-/m1/s1. The molecule has 1 aliphatic rings. The molecule has 0 aliphatic heterocycles. The number of aliphatic hydroxyl groups is 1. The molecule has 0 spiro atoms. The predicted octanol–water partition coefficient (Wildman–Crippen LogP) is 4.11. The van der Waals surface area contributed by atoms with Gasteiger partial charge in [-0.25, -0.2) is 4.39 Å². The Hall–Kier alpha value is -1.39. The minimum Gasteiger partial charge on any atom is -0.389 e. The SMILES string of the molecule is C[C@@H](O)c1c(F)cccc1N(Cc1ccsc1)C1CC1. The number of rotatable bonds is 5. The third-order valence-electron chi connectivity index (χ3n) is 3.68. The number of benzene rings is 1. The zero-order valence-electron chi connectivity index (χ0n) is 11.4. The second kappa shape index (κ2) is 5.54. The van der Waals surface area contributed by atoms with Gasteiger partial charge in [0.15, 0.2) is 0 Å². The van der Waals surface area contributed by atoms with Crippen molar-refractivity contribution < 1.29 is 9.50 Å². The third-order valence-corrected chi connectivity index (χ3v) is 4.41. The summed E-state index contributed by atoms with van der Waals surface area (Å²) in [5.41, 5.74) is 2.48. The van der Waals surface area contributed by atoms with Crippen molar-refractivity contribution in [3.05, 3.63) is 52.0 Å². The highest BCUT2D eigenvalue weighted by Crippen LogP contribution is 2.38. The van der Waals surface area contributed by atoms with E-state index in [2.05, 4.69) is 21.7 Å². The minimum absolute atomic E-state index is 0.325. The Balaban J connectivity index is 1.97. The maximum atomic E-state index is 14.0. The van der Waals surface area contributed by atoms with Crippen LogP contribution >= 0.6 is 11.3 Å². The van der Waals surface area contributed by atoms with Crippen LogP contribution in [0.2, 0.25) is 0 Å². The Kier molecular flexibility index (Phi) is 3.76. The van der Waals surface area contributed by atoms with Crippen LogP contribution in [0.3, 0.4) is 0 Å². The molecular weight excluding hydrogens is 273 g/mol. The summed E-state index contributed by atoms with van der Waals surface area (Å²) in [7, 11) is 0. The molecule has 1 aromatic heterocycles. The van der Waals surface area contributed by atoms with Crippen molar-refractivity contribution >= 4 is 17.0 Å². The van der Waals surface area contributed by atoms with Crippen LogP contribution in [0.1, 0.15) is 37.0 Å². The zero-order valence-corrected chi connectivity index (χ0v) is 12.2. The monoisotopic (exact) mass is 291 g/mol. The molecule has 106 valence electrons. The predicted molar refractivity (Wildman–Crippen MR) is 80.6 cm³/mol. The first-order chi connectivity index (χ1) is 9.66. The van der Waals surface area contributed by atoms with Crippen LogP contribution in [0, 0.1) is 5.82 Å². The molecule has 1 atom stereocenters. The lowest BCUT2D eigenvalue weighted by molar-refractivity contribution is 0.194. The van der Waals surface area contributed by atoms with Gasteiger partial charge in [0.05, 0.1) is 6.10 Å². The molecule has 0 radical (unpaired) electrons. The zero-order chi connectivity index (χ0) is 14.1. The molecule has 1 fully saturated rings. The number of hydrogen-bond donors (Lipinski definition) is 1. The van der Waals surface area contributed by atoms with Gasteiger partial charge in [-0.05, 0) is 54.3 Å². The summed E-state index contributed by atoms with van der Waals surface area (Å²) in [5, 5.41) is 14.1. The van der Waals surface area contributed by atoms with Gasteiger partial charge in [-0.3, -0.25) is 0 Å². The quantitative estimate of drug-likeness (QED) is 0.896. The highest BCUT2D eigenvalue weighted by molar-refractivity contribution is 7.07. The van der Waals surface area contributed by atoms with Gasteiger partial charge in [-0.15, -0.1) is 0 Å². The smallest absolute Gasteiger partial charge is 0.131 e. The van der Waals surface area contributed by atoms with Crippen molar-refractivity contribution in [1.29, 1.82) is 0 Å². The summed E-state index contributed by atoms with van der Waals surface area (Å²) in [6.07, 6.45) is 1.48. The first-order valence-electron chi connectivity index (χ1n) is 6.91. The van der Waals surface area contributed by atoms with E-state index in [0.29, 0.717) is 11.6 Å². The molecule has 4 heteroatoms. The Morgan fingerprint density at radius 1 is 1.40 bits per heavy atom. The highest BCUT2D eigenvalue weighted by Gasteiger charge is 2.31. The van der Waals surface area contributed by atoms with Crippen LogP contribution in [0.25, 0.3) is 0 Å². The summed E-state index contributed by atoms with van der Waals surface area (Å²) in [5.74, 6) is -0.325. The average Bonchev–Trinajstić information content (AvgIpc) is 3.12. The molecule has 1 aliphatic carbocycles. The van der Waals surface area contributed by atoms with E-state index in [0.717, 1.165) is 25.1 Å². The first-order valence-corrected chi connectivity index (χ1v) is 7.85. The molecular formula is C16H18FNOS. The average molecular weight is 291 g/mol. The summed E-state index contributed by atoms with van der Waals surface area (Å²) < 4.78 is 14.0. The molecule has 1 aromatic carbocycles. The normalized spacial score (nSPS) is 16.1. The second-order valence-corrected chi connectivity index (χ2v) is 6.12. The van der Waals surface area contributed by atoms with E-state index < -0.39 is 6.10 Å². The third kappa shape index (κ3) is 2.72. The summed E-state index contributed by atoms with van der Waals surface area (Å²) in [4.78, 5) is 2.23. The Morgan fingerprint density at radius 3 is 2.80 bits per heavy atom. The van der Waals surface area contributed by atoms with Crippen LogP contribution in [-0.4, -0.2) is 11.1 Å². The van der Waals surface area contributed by atoms with E-state index in [1.165, 1.54) is 11.6 Å². The molecule has 1 N–H and O–H groups in total. The number of thiophene rings is 1. The van der Waals surface area contributed by atoms with Gasteiger partial charge in [-0.1, -0.05) is 6.07 Å². The topological polar surface area (TPSA) is 23.5 Å². The van der Waals surface area contributed by atoms with Crippen LogP contribution in [-0.2, 0) is 6.54 Å². The van der Waals surface area contributed by atoms with E-state index in [-0.39, 0.29) is 5.82 Å². The maximum absolute atomic E-state index is 14.0. The summed E-state index contributed by atoms with van der Waals surface area (Å²) in [6.45, 7) is 2.40. The van der Waals surface area contributed by atoms with Gasteiger partial charge >= 0.3 is 0 Å². The van der Waals surface area contributed by atoms with Crippen molar-refractivity contribution in [2.75, 3.05) is 4.90 Å². The molecule has 0 bridgehead atoms. The molecule has 3 rings (SSSR count). The lowest BCUT2D eigenvalue weighted by atomic mass is 10.1. The van der Waals surface area contributed by atoms with Gasteiger partial charge in [0.25, 0.3) is 0 Å². The molecule has 0 unspecified atom stereocenters. The van der Waals surface area contributed by atoms with Gasteiger partial charge in [0.1, 0.15) is 5.82 Å². The lowest BCUT2D eigenvalue weighted by Gasteiger charge is -2.28. The van der Waals surface area contributed by atoms with Crippen LogP contribution in [0.5, 0.6) is 0 Å². The molecule has 0 amide bonds. The van der Waals surface area contributed by atoms with Crippen molar-refractivity contribution in [3.8, 4) is 0 Å². The summed E-state index contributed by atoms with van der Waals surface area (Å²) in [6, 6.07) is 7.62. The van der Waals surface area contributed by atoms with Gasteiger partial charge < -0.3 is 10.0 Å². The van der Waals surface area contributed by atoms with Crippen molar-refractivity contribution in [1.82, 2.24) is 0 Å². The molecule has 0 saturated heterocycles. The molecule has 1 saturated carbocycles. The largest absolute Gasteiger partial charge is 0.389 e. The van der Waals surface area contributed by atoms with Gasteiger partial charge in [0, 0.05) is 23.8 Å². The van der Waals surface area contributed by atoms with E-state index in [1.54, 1.807) is 24.3 Å². The van der Waals surface area contributed by atoms with E-state index in [1.807, 2.05) is 6.07 Å². The number of halogens is 1. The number of anilines is 1. The minimum atomic E-state index is -0.796. The number of nitrogens with zero attached hydrogens (tertiary/aromatic N) is 1.